The number of benzene rings is 2. The summed E-state index contributed by atoms with van der Waals surface area (Å²) in [5, 5.41) is 11.1. The summed E-state index contributed by atoms with van der Waals surface area (Å²) in [6.45, 7) is 2.05. The SMILES string of the molecule is CCc1ccc(Oc2c(Cl)cccc2[N+](=O)[O-])cc1. The summed E-state index contributed by atoms with van der Waals surface area (Å²) in [6, 6.07) is 11.8. The van der Waals surface area contributed by atoms with E-state index in [0.717, 1.165) is 6.42 Å². The second kappa shape index (κ2) is 5.71. The van der Waals surface area contributed by atoms with E-state index in [2.05, 4.69) is 6.92 Å². The van der Waals surface area contributed by atoms with Crippen molar-refractivity contribution in [2.75, 3.05) is 0 Å². The Bertz CT molecular complexity index is 596. The van der Waals surface area contributed by atoms with Gasteiger partial charge in [-0.15, -0.1) is 0 Å². The molecular formula is C14H12ClNO3. The van der Waals surface area contributed by atoms with Crippen molar-refractivity contribution in [2.24, 2.45) is 0 Å². The molecule has 0 heterocycles. The summed E-state index contributed by atoms with van der Waals surface area (Å²) in [7, 11) is 0. The molecule has 0 spiro atoms. The van der Waals surface area contributed by atoms with Crippen LogP contribution in [0.25, 0.3) is 0 Å². The van der Waals surface area contributed by atoms with E-state index in [4.69, 9.17) is 16.3 Å². The summed E-state index contributed by atoms with van der Waals surface area (Å²) in [6.07, 6.45) is 0.923. The second-order valence-electron chi connectivity index (χ2n) is 3.94. The molecule has 0 saturated heterocycles. The fraction of sp³-hybridized carbons (Fsp3) is 0.143. The molecule has 0 radical (unpaired) electrons. The van der Waals surface area contributed by atoms with Gasteiger partial charge in [-0.2, -0.15) is 0 Å². The normalized spacial score (nSPS) is 10.2. The Hall–Kier alpha value is -2.07. The molecule has 0 fully saturated rings. The van der Waals surface area contributed by atoms with Crippen LogP contribution in [0.15, 0.2) is 42.5 Å². The maximum atomic E-state index is 10.9. The Kier molecular flexibility index (Phi) is 4.02. The van der Waals surface area contributed by atoms with E-state index < -0.39 is 4.92 Å². The van der Waals surface area contributed by atoms with Crippen molar-refractivity contribution in [1.29, 1.82) is 0 Å². The first-order chi connectivity index (χ1) is 9.11. The van der Waals surface area contributed by atoms with E-state index in [1.165, 1.54) is 17.7 Å². The molecule has 0 aromatic heterocycles. The molecule has 4 nitrogen and oxygen atoms in total. The van der Waals surface area contributed by atoms with E-state index >= 15 is 0 Å². The van der Waals surface area contributed by atoms with Gasteiger partial charge in [0, 0.05) is 6.07 Å². The first-order valence-electron chi connectivity index (χ1n) is 5.81. The van der Waals surface area contributed by atoms with Crippen LogP contribution >= 0.6 is 11.6 Å². The maximum Gasteiger partial charge on any atom is 0.313 e. The Morgan fingerprint density at radius 3 is 2.47 bits per heavy atom. The molecule has 2 aromatic rings. The Morgan fingerprint density at radius 1 is 1.21 bits per heavy atom. The molecule has 98 valence electrons. The first kappa shape index (κ1) is 13.4. The van der Waals surface area contributed by atoms with Gasteiger partial charge in [0.05, 0.1) is 9.95 Å². The van der Waals surface area contributed by atoms with Gasteiger partial charge in [-0.25, -0.2) is 0 Å². The second-order valence-corrected chi connectivity index (χ2v) is 4.35. The largest absolute Gasteiger partial charge is 0.449 e. The van der Waals surface area contributed by atoms with Gasteiger partial charge < -0.3 is 4.74 Å². The van der Waals surface area contributed by atoms with Crippen LogP contribution in [0.5, 0.6) is 11.5 Å². The monoisotopic (exact) mass is 277 g/mol. The van der Waals surface area contributed by atoms with Crippen molar-refractivity contribution in [3.63, 3.8) is 0 Å². The average Bonchev–Trinajstić information content (AvgIpc) is 2.41. The highest BCUT2D eigenvalue weighted by Gasteiger charge is 2.18. The molecular weight excluding hydrogens is 266 g/mol. The summed E-state index contributed by atoms with van der Waals surface area (Å²) in [5.74, 6) is 0.590. The lowest BCUT2D eigenvalue weighted by atomic mass is 10.2. The van der Waals surface area contributed by atoms with Crippen molar-refractivity contribution in [3.05, 3.63) is 63.2 Å². The van der Waals surface area contributed by atoms with Crippen molar-refractivity contribution < 1.29 is 9.66 Å². The molecule has 2 aromatic carbocycles. The van der Waals surface area contributed by atoms with Gasteiger partial charge in [-0.3, -0.25) is 10.1 Å². The molecule has 19 heavy (non-hydrogen) atoms. The van der Waals surface area contributed by atoms with Crippen LogP contribution in [0, 0.1) is 10.1 Å². The minimum absolute atomic E-state index is 0.0680. The lowest BCUT2D eigenvalue weighted by Gasteiger charge is -2.08. The number of para-hydroxylation sites is 1. The number of nitro groups is 1. The molecule has 0 aliphatic heterocycles. The fourth-order valence-corrected chi connectivity index (χ4v) is 1.86. The van der Waals surface area contributed by atoms with Crippen LogP contribution in [-0.2, 0) is 6.42 Å². The van der Waals surface area contributed by atoms with Gasteiger partial charge in [0.15, 0.2) is 0 Å². The van der Waals surface area contributed by atoms with E-state index in [1.54, 1.807) is 18.2 Å². The molecule has 0 saturated carbocycles. The summed E-state index contributed by atoms with van der Waals surface area (Å²) in [4.78, 5) is 10.4. The molecule has 0 aliphatic carbocycles. The van der Waals surface area contributed by atoms with E-state index in [1.807, 2.05) is 12.1 Å². The third kappa shape index (κ3) is 3.03. The number of halogens is 1. The van der Waals surface area contributed by atoms with Crippen molar-refractivity contribution in [3.8, 4) is 11.5 Å². The number of nitrogens with zero attached hydrogens (tertiary/aromatic N) is 1. The average molecular weight is 278 g/mol. The Morgan fingerprint density at radius 2 is 1.89 bits per heavy atom. The van der Waals surface area contributed by atoms with Gasteiger partial charge in [0.1, 0.15) is 5.75 Å². The smallest absolute Gasteiger partial charge is 0.313 e. The fourth-order valence-electron chi connectivity index (χ4n) is 1.65. The van der Waals surface area contributed by atoms with Crippen LogP contribution < -0.4 is 4.74 Å². The van der Waals surface area contributed by atoms with Gasteiger partial charge in [-0.1, -0.05) is 36.7 Å². The van der Waals surface area contributed by atoms with Crippen LogP contribution in [0.3, 0.4) is 0 Å². The maximum absolute atomic E-state index is 10.9. The lowest BCUT2D eigenvalue weighted by molar-refractivity contribution is -0.385. The number of nitro benzene ring substituents is 1. The number of hydrogen-bond acceptors (Lipinski definition) is 3. The first-order valence-corrected chi connectivity index (χ1v) is 6.19. The van der Waals surface area contributed by atoms with Gasteiger partial charge in [0.25, 0.3) is 0 Å². The van der Waals surface area contributed by atoms with E-state index in [9.17, 15) is 10.1 Å². The van der Waals surface area contributed by atoms with Gasteiger partial charge >= 0.3 is 5.69 Å². The number of hydrogen-bond donors (Lipinski definition) is 0. The van der Waals surface area contributed by atoms with Crippen molar-refractivity contribution in [1.82, 2.24) is 0 Å². The van der Waals surface area contributed by atoms with E-state index in [-0.39, 0.29) is 16.5 Å². The van der Waals surface area contributed by atoms with Crippen molar-refractivity contribution >= 4 is 17.3 Å². The van der Waals surface area contributed by atoms with Crippen LogP contribution in [0.2, 0.25) is 5.02 Å². The molecule has 0 aliphatic rings. The topological polar surface area (TPSA) is 52.4 Å². The quantitative estimate of drug-likeness (QED) is 0.606. The van der Waals surface area contributed by atoms with Crippen LogP contribution in [0.1, 0.15) is 12.5 Å². The van der Waals surface area contributed by atoms with Gasteiger partial charge in [0.2, 0.25) is 5.75 Å². The molecule has 0 amide bonds. The Labute approximate surface area is 115 Å². The minimum Gasteiger partial charge on any atom is -0.449 e. The lowest BCUT2D eigenvalue weighted by Crippen LogP contribution is -1.94. The summed E-state index contributed by atoms with van der Waals surface area (Å²) < 4.78 is 5.53. The minimum atomic E-state index is -0.512. The third-order valence-electron chi connectivity index (χ3n) is 2.69. The van der Waals surface area contributed by atoms with Crippen molar-refractivity contribution in [2.45, 2.75) is 13.3 Å². The van der Waals surface area contributed by atoms with E-state index in [0.29, 0.717) is 5.75 Å². The molecule has 0 atom stereocenters. The predicted molar refractivity (Wildman–Crippen MR) is 74.0 cm³/mol. The standard InChI is InChI=1S/C14H12ClNO3/c1-2-10-6-8-11(9-7-10)19-14-12(15)4-3-5-13(14)16(17)18/h3-9H,2H2,1H3. The summed E-state index contributed by atoms with van der Waals surface area (Å²) in [5.41, 5.74) is 1.02. The van der Waals surface area contributed by atoms with Crippen LogP contribution in [0.4, 0.5) is 5.69 Å². The molecule has 0 N–H and O–H groups in total. The predicted octanol–water partition coefficient (Wildman–Crippen LogP) is 4.60. The number of ether oxygens (including phenoxy) is 1. The molecule has 0 unspecified atom stereocenters. The zero-order valence-electron chi connectivity index (χ0n) is 10.3. The number of aryl methyl sites for hydroxylation is 1. The molecule has 5 heteroatoms. The molecule has 0 bridgehead atoms. The zero-order valence-corrected chi connectivity index (χ0v) is 11.1. The zero-order chi connectivity index (χ0) is 13.8. The number of rotatable bonds is 4. The third-order valence-corrected chi connectivity index (χ3v) is 2.99. The highest BCUT2D eigenvalue weighted by molar-refractivity contribution is 6.32. The highest BCUT2D eigenvalue weighted by Crippen LogP contribution is 2.37. The van der Waals surface area contributed by atoms with Gasteiger partial charge in [-0.05, 0) is 30.2 Å². The highest BCUT2D eigenvalue weighted by atomic mass is 35.5. The summed E-state index contributed by atoms with van der Waals surface area (Å²) >= 11 is 5.95. The Balaban J connectivity index is 2.34. The van der Waals surface area contributed by atoms with Crippen LogP contribution in [-0.4, -0.2) is 4.92 Å². The molecule has 2 rings (SSSR count).